The Labute approximate surface area is 204 Å². The van der Waals surface area contributed by atoms with Gasteiger partial charge < -0.3 is 14.2 Å². The predicted octanol–water partition coefficient (Wildman–Crippen LogP) is 6.33. The normalized spacial score (nSPS) is 41.5. The number of benzene rings is 1. The summed E-state index contributed by atoms with van der Waals surface area (Å²) >= 11 is 0. The largest absolute Gasteiger partial charge is 0.490 e. The number of hydrogen-bond acceptors (Lipinski definition) is 2. The number of likely N-dealkylation sites (tertiary alicyclic amines) is 1. The number of fused-ring (bicyclic) bond motifs is 5. The van der Waals surface area contributed by atoms with Crippen LogP contribution in [0.5, 0.6) is 5.75 Å². The maximum atomic E-state index is 12.5. The van der Waals surface area contributed by atoms with Crippen LogP contribution in [0.3, 0.4) is 0 Å². The molecule has 6 rings (SSSR count). The van der Waals surface area contributed by atoms with Crippen molar-refractivity contribution in [1.82, 2.24) is 9.47 Å². The standard InChI is InChI=1S/C30H40N2O2/c1-20-17-26-30(3,14-12-27(33)31(26)4)24-11-13-29(2)19-23(18-25(29)28(20)24)34-22-9-7-21(8-10-22)32-15-5-6-16-32/h5-10,15-16,20,23-26,28H,11-14,17-19H2,1-4H3/t20-,23-,24-,25-,26+,28+,29+,30+/m0/s1. The average molecular weight is 461 g/mol. The van der Waals surface area contributed by atoms with Crippen molar-refractivity contribution in [3.63, 3.8) is 0 Å². The summed E-state index contributed by atoms with van der Waals surface area (Å²) in [4.78, 5) is 14.6. The molecule has 0 radical (unpaired) electrons. The number of aromatic nitrogens is 1. The molecule has 0 bridgehead atoms. The molecule has 8 atom stereocenters. The molecule has 0 unspecified atom stereocenters. The molecule has 2 heterocycles. The van der Waals surface area contributed by atoms with Crippen molar-refractivity contribution in [3.8, 4) is 11.4 Å². The first kappa shape index (κ1) is 22.2. The second-order valence-electron chi connectivity index (χ2n) is 12.5. The fraction of sp³-hybridized carbons (Fsp3) is 0.633. The van der Waals surface area contributed by atoms with E-state index < -0.39 is 0 Å². The molecule has 182 valence electrons. The summed E-state index contributed by atoms with van der Waals surface area (Å²) in [6, 6.07) is 13.1. The van der Waals surface area contributed by atoms with Crippen molar-refractivity contribution in [2.75, 3.05) is 7.05 Å². The van der Waals surface area contributed by atoms with E-state index in [1.165, 1.54) is 37.8 Å². The summed E-state index contributed by atoms with van der Waals surface area (Å²) in [6.45, 7) is 7.54. The minimum Gasteiger partial charge on any atom is -0.490 e. The van der Waals surface area contributed by atoms with Gasteiger partial charge in [0.25, 0.3) is 0 Å². The molecular formula is C30H40N2O2. The van der Waals surface area contributed by atoms with Crippen LogP contribution in [-0.4, -0.2) is 34.6 Å². The predicted molar refractivity (Wildman–Crippen MR) is 135 cm³/mol. The molecule has 3 saturated carbocycles. The number of ether oxygens (including phenoxy) is 1. The molecule has 1 saturated heterocycles. The Kier molecular flexibility index (Phi) is 5.17. The molecular weight excluding hydrogens is 420 g/mol. The summed E-state index contributed by atoms with van der Waals surface area (Å²) in [7, 11) is 2.06. The van der Waals surface area contributed by atoms with Crippen LogP contribution >= 0.6 is 0 Å². The first-order valence-electron chi connectivity index (χ1n) is 13.4. The van der Waals surface area contributed by atoms with Crippen LogP contribution in [0.15, 0.2) is 48.8 Å². The van der Waals surface area contributed by atoms with Gasteiger partial charge in [0.2, 0.25) is 5.91 Å². The Morgan fingerprint density at radius 1 is 1.00 bits per heavy atom. The lowest BCUT2D eigenvalue weighted by molar-refractivity contribution is -0.164. The van der Waals surface area contributed by atoms with Gasteiger partial charge >= 0.3 is 0 Å². The Morgan fingerprint density at radius 3 is 2.47 bits per heavy atom. The Morgan fingerprint density at radius 2 is 1.74 bits per heavy atom. The van der Waals surface area contributed by atoms with Gasteiger partial charge in [0, 0.05) is 37.6 Å². The molecule has 3 aliphatic carbocycles. The third kappa shape index (κ3) is 3.35. The van der Waals surface area contributed by atoms with Gasteiger partial charge in [-0.05, 0) is 109 Å². The van der Waals surface area contributed by atoms with Crippen molar-refractivity contribution in [2.45, 2.75) is 77.9 Å². The quantitative estimate of drug-likeness (QED) is 0.536. The van der Waals surface area contributed by atoms with Gasteiger partial charge in [-0.2, -0.15) is 0 Å². The lowest BCUT2D eigenvalue weighted by Crippen LogP contribution is -2.62. The van der Waals surface area contributed by atoms with Crippen LogP contribution in [0.25, 0.3) is 5.69 Å². The SMILES string of the molecule is C[C@H]1C[C@H]2N(C)C(=O)CC[C@]2(C)[C@H]2CC[C@]3(C)C[C@@H](Oc4ccc(-n5cccc5)cc4)C[C@H]3[C@H]12. The number of amides is 1. The van der Waals surface area contributed by atoms with Crippen LogP contribution in [0, 0.1) is 34.5 Å². The van der Waals surface area contributed by atoms with E-state index in [0.717, 1.165) is 36.3 Å². The van der Waals surface area contributed by atoms with Crippen LogP contribution in [0.1, 0.15) is 65.7 Å². The molecule has 0 N–H and O–H groups in total. The topological polar surface area (TPSA) is 34.5 Å². The van der Waals surface area contributed by atoms with E-state index in [2.05, 4.69) is 86.1 Å². The van der Waals surface area contributed by atoms with Crippen molar-refractivity contribution in [1.29, 1.82) is 0 Å². The molecule has 4 fully saturated rings. The Bertz CT molecular complexity index is 1050. The summed E-state index contributed by atoms with van der Waals surface area (Å²) in [5.41, 5.74) is 1.82. The second-order valence-corrected chi connectivity index (χ2v) is 12.5. The maximum Gasteiger partial charge on any atom is 0.222 e. The van der Waals surface area contributed by atoms with E-state index in [9.17, 15) is 4.79 Å². The van der Waals surface area contributed by atoms with E-state index in [1.807, 2.05) is 0 Å². The third-order valence-electron chi connectivity index (χ3n) is 10.7. The summed E-state index contributed by atoms with van der Waals surface area (Å²) in [5, 5.41) is 0. The molecule has 1 amide bonds. The highest BCUT2D eigenvalue weighted by Crippen LogP contribution is 2.66. The summed E-state index contributed by atoms with van der Waals surface area (Å²) in [5.74, 6) is 4.23. The van der Waals surface area contributed by atoms with Crippen LogP contribution in [0.4, 0.5) is 0 Å². The van der Waals surface area contributed by atoms with Gasteiger partial charge in [-0.1, -0.05) is 20.8 Å². The summed E-state index contributed by atoms with van der Waals surface area (Å²) in [6.07, 6.45) is 12.4. The number of rotatable bonds is 3. The maximum absolute atomic E-state index is 12.5. The van der Waals surface area contributed by atoms with E-state index in [1.54, 1.807) is 0 Å². The zero-order valence-corrected chi connectivity index (χ0v) is 21.2. The molecule has 0 spiro atoms. The third-order valence-corrected chi connectivity index (χ3v) is 10.7. The van der Waals surface area contributed by atoms with Crippen LogP contribution in [-0.2, 0) is 4.79 Å². The van der Waals surface area contributed by atoms with Gasteiger partial charge in [0.05, 0.1) is 6.10 Å². The lowest BCUT2D eigenvalue weighted by Gasteiger charge is -2.63. The molecule has 34 heavy (non-hydrogen) atoms. The van der Waals surface area contributed by atoms with Gasteiger partial charge in [0.15, 0.2) is 0 Å². The van der Waals surface area contributed by atoms with Crippen LogP contribution in [0.2, 0.25) is 0 Å². The molecule has 1 aromatic heterocycles. The Balaban J connectivity index is 1.21. The van der Waals surface area contributed by atoms with Crippen molar-refractivity contribution in [2.24, 2.45) is 34.5 Å². The monoisotopic (exact) mass is 460 g/mol. The minimum atomic E-state index is 0.272. The molecule has 4 aliphatic rings. The molecule has 1 aromatic carbocycles. The minimum absolute atomic E-state index is 0.272. The molecule has 2 aromatic rings. The van der Waals surface area contributed by atoms with Crippen molar-refractivity contribution in [3.05, 3.63) is 48.8 Å². The average Bonchev–Trinajstić information content (AvgIpc) is 3.46. The van der Waals surface area contributed by atoms with Gasteiger partial charge in [-0.15, -0.1) is 0 Å². The number of nitrogens with zero attached hydrogens (tertiary/aromatic N) is 2. The van der Waals surface area contributed by atoms with Crippen molar-refractivity contribution >= 4 is 5.91 Å². The molecule has 4 nitrogen and oxygen atoms in total. The highest BCUT2D eigenvalue weighted by Gasteiger charge is 2.62. The Hall–Kier alpha value is -2.23. The van der Waals surface area contributed by atoms with E-state index >= 15 is 0 Å². The van der Waals surface area contributed by atoms with Gasteiger partial charge in [-0.3, -0.25) is 4.79 Å². The number of carbonyl (C=O) groups is 1. The van der Waals surface area contributed by atoms with Crippen molar-refractivity contribution < 1.29 is 9.53 Å². The van der Waals surface area contributed by atoms with Crippen LogP contribution < -0.4 is 4.74 Å². The highest BCUT2D eigenvalue weighted by molar-refractivity contribution is 5.77. The van der Waals surface area contributed by atoms with E-state index in [-0.39, 0.29) is 5.41 Å². The zero-order valence-electron chi connectivity index (χ0n) is 21.2. The summed E-state index contributed by atoms with van der Waals surface area (Å²) < 4.78 is 8.75. The zero-order chi connectivity index (χ0) is 23.7. The highest BCUT2D eigenvalue weighted by atomic mass is 16.5. The fourth-order valence-corrected chi connectivity index (χ4v) is 8.94. The van der Waals surface area contributed by atoms with Gasteiger partial charge in [0.1, 0.15) is 5.75 Å². The molecule has 1 aliphatic heterocycles. The second kappa shape index (κ2) is 7.90. The first-order chi connectivity index (χ1) is 16.3. The van der Waals surface area contributed by atoms with E-state index in [4.69, 9.17) is 4.74 Å². The first-order valence-corrected chi connectivity index (χ1v) is 13.4. The van der Waals surface area contributed by atoms with Gasteiger partial charge in [-0.25, -0.2) is 0 Å². The number of piperidine rings is 1. The fourth-order valence-electron chi connectivity index (χ4n) is 8.94. The lowest BCUT2D eigenvalue weighted by atomic mass is 9.45. The molecule has 4 heteroatoms. The number of hydrogen-bond donors (Lipinski definition) is 0. The smallest absolute Gasteiger partial charge is 0.222 e. The number of carbonyl (C=O) groups excluding carboxylic acids is 1. The van der Waals surface area contributed by atoms with E-state index in [0.29, 0.717) is 29.4 Å².